The largest absolute Gasteiger partial charge is 0.351 e. The Hall–Kier alpha value is -3.47. The maximum Gasteiger partial charge on any atom is 0.333 e. The maximum absolute atomic E-state index is 14.1. The summed E-state index contributed by atoms with van der Waals surface area (Å²) >= 11 is 1.83. The number of benzene rings is 1. The van der Waals surface area contributed by atoms with Gasteiger partial charge in [0.05, 0.1) is 11.6 Å². The summed E-state index contributed by atoms with van der Waals surface area (Å²) in [6, 6.07) is 8.78. The van der Waals surface area contributed by atoms with Gasteiger partial charge in [-0.3, -0.25) is 23.5 Å². The number of nitrogens with zero attached hydrogens (tertiary/aromatic N) is 3. The van der Waals surface area contributed by atoms with Gasteiger partial charge in [0.1, 0.15) is 17.5 Å². The van der Waals surface area contributed by atoms with Crippen molar-refractivity contribution in [2.45, 2.75) is 69.6 Å². The van der Waals surface area contributed by atoms with Gasteiger partial charge in [-0.05, 0) is 61.7 Å². The fourth-order valence-electron chi connectivity index (χ4n) is 5.71. The van der Waals surface area contributed by atoms with Gasteiger partial charge in [-0.1, -0.05) is 30.3 Å². The first-order chi connectivity index (χ1) is 18.8. The SMILES string of the molecule is CC(=O)N[C@@H](C(=O)N[C@H]1CC[C@@H](n2c(=O)c3cc(F)cnc3n(C3CCSCC3)c2=O)CC1)c1ccccc1. The molecule has 0 radical (unpaired) electrons. The molecule has 2 amide bonds. The Labute approximate surface area is 229 Å². The number of amides is 2. The molecule has 1 aromatic carbocycles. The summed E-state index contributed by atoms with van der Waals surface area (Å²) in [6.45, 7) is 1.37. The summed E-state index contributed by atoms with van der Waals surface area (Å²) in [7, 11) is 0. The van der Waals surface area contributed by atoms with Crippen LogP contribution in [0.25, 0.3) is 11.0 Å². The number of hydrogen-bond acceptors (Lipinski definition) is 6. The maximum atomic E-state index is 14.1. The molecule has 1 saturated heterocycles. The number of rotatable bonds is 6. The highest BCUT2D eigenvalue weighted by atomic mass is 32.2. The molecule has 39 heavy (non-hydrogen) atoms. The number of nitrogens with one attached hydrogen (secondary N) is 2. The third-order valence-corrected chi connectivity index (χ3v) is 8.68. The molecule has 1 aliphatic heterocycles. The van der Waals surface area contributed by atoms with Crippen LogP contribution in [0.1, 0.15) is 69.1 Å². The van der Waals surface area contributed by atoms with E-state index in [1.807, 2.05) is 30.0 Å². The van der Waals surface area contributed by atoms with E-state index in [1.54, 1.807) is 16.7 Å². The summed E-state index contributed by atoms with van der Waals surface area (Å²) < 4.78 is 17.0. The lowest BCUT2D eigenvalue weighted by Crippen LogP contribution is -2.48. The van der Waals surface area contributed by atoms with E-state index in [2.05, 4.69) is 15.6 Å². The van der Waals surface area contributed by atoms with Gasteiger partial charge in [-0.15, -0.1) is 0 Å². The van der Waals surface area contributed by atoms with E-state index in [4.69, 9.17) is 0 Å². The van der Waals surface area contributed by atoms with Crippen LogP contribution < -0.4 is 21.9 Å². The zero-order valence-corrected chi connectivity index (χ0v) is 22.6. The van der Waals surface area contributed by atoms with Crippen LogP contribution in [0, 0.1) is 5.82 Å². The lowest BCUT2D eigenvalue weighted by molar-refractivity contribution is -0.128. The topological polar surface area (TPSA) is 115 Å². The molecule has 206 valence electrons. The Morgan fingerprint density at radius 1 is 1.00 bits per heavy atom. The number of carbonyl (C=O) groups is 2. The fraction of sp³-hybridized carbons (Fsp3) is 0.464. The number of hydrogen-bond donors (Lipinski definition) is 2. The van der Waals surface area contributed by atoms with Crippen LogP contribution in [-0.4, -0.2) is 43.5 Å². The molecule has 2 N–H and O–H groups in total. The Bertz CT molecular complexity index is 1480. The van der Waals surface area contributed by atoms with Crippen molar-refractivity contribution in [3.05, 3.63) is 74.8 Å². The monoisotopic (exact) mass is 553 g/mol. The number of carbonyl (C=O) groups excluding carboxylic acids is 2. The number of aromatic nitrogens is 3. The van der Waals surface area contributed by atoms with Crippen molar-refractivity contribution in [3.8, 4) is 0 Å². The Kier molecular flexibility index (Phi) is 8.15. The summed E-state index contributed by atoms with van der Waals surface area (Å²) in [4.78, 5) is 56.3. The van der Waals surface area contributed by atoms with Gasteiger partial charge in [0, 0.05) is 25.0 Å². The van der Waals surface area contributed by atoms with E-state index in [1.165, 1.54) is 17.6 Å². The fourth-order valence-corrected chi connectivity index (χ4v) is 6.79. The van der Waals surface area contributed by atoms with Gasteiger partial charge in [0.2, 0.25) is 11.8 Å². The highest BCUT2D eigenvalue weighted by molar-refractivity contribution is 7.99. The third-order valence-electron chi connectivity index (χ3n) is 7.63. The molecule has 1 aliphatic carbocycles. The van der Waals surface area contributed by atoms with Gasteiger partial charge >= 0.3 is 5.69 Å². The van der Waals surface area contributed by atoms with Crippen molar-refractivity contribution in [2.24, 2.45) is 0 Å². The molecule has 2 fully saturated rings. The molecule has 1 atom stereocenters. The van der Waals surface area contributed by atoms with E-state index in [0.29, 0.717) is 31.2 Å². The van der Waals surface area contributed by atoms with Crippen molar-refractivity contribution in [1.82, 2.24) is 24.8 Å². The molecule has 3 aromatic rings. The van der Waals surface area contributed by atoms with Crippen LogP contribution in [0.3, 0.4) is 0 Å². The van der Waals surface area contributed by atoms with Crippen LogP contribution in [0.2, 0.25) is 0 Å². The second-order valence-corrected chi connectivity index (χ2v) is 11.5. The van der Waals surface area contributed by atoms with Crippen molar-refractivity contribution in [2.75, 3.05) is 11.5 Å². The molecule has 1 saturated carbocycles. The first-order valence-electron chi connectivity index (χ1n) is 13.4. The summed E-state index contributed by atoms with van der Waals surface area (Å²) in [6.07, 6.45) is 4.75. The molecule has 9 nitrogen and oxygen atoms in total. The van der Waals surface area contributed by atoms with Gasteiger partial charge in [-0.25, -0.2) is 14.2 Å². The predicted octanol–water partition coefficient (Wildman–Crippen LogP) is 3.24. The minimum absolute atomic E-state index is 0.0922. The highest BCUT2D eigenvalue weighted by Gasteiger charge is 2.31. The van der Waals surface area contributed by atoms with Crippen LogP contribution >= 0.6 is 11.8 Å². The van der Waals surface area contributed by atoms with Crippen LogP contribution in [-0.2, 0) is 9.59 Å². The Morgan fingerprint density at radius 3 is 2.33 bits per heavy atom. The molecule has 3 heterocycles. The molecular weight excluding hydrogens is 521 g/mol. The average Bonchev–Trinajstić information content (AvgIpc) is 2.94. The van der Waals surface area contributed by atoms with Crippen molar-refractivity contribution in [1.29, 1.82) is 0 Å². The minimum atomic E-state index is -0.812. The van der Waals surface area contributed by atoms with Gasteiger partial charge in [0.15, 0.2) is 0 Å². The normalized spacial score (nSPS) is 20.9. The predicted molar refractivity (Wildman–Crippen MR) is 148 cm³/mol. The molecule has 11 heteroatoms. The van der Waals surface area contributed by atoms with Crippen molar-refractivity contribution >= 4 is 34.6 Å². The minimum Gasteiger partial charge on any atom is -0.351 e. The second kappa shape index (κ2) is 11.7. The Morgan fingerprint density at radius 2 is 1.67 bits per heavy atom. The van der Waals surface area contributed by atoms with Crippen molar-refractivity contribution < 1.29 is 14.0 Å². The van der Waals surface area contributed by atoms with Crippen LogP contribution in [0.4, 0.5) is 4.39 Å². The summed E-state index contributed by atoms with van der Waals surface area (Å²) in [5.74, 6) is 0.589. The molecule has 0 spiro atoms. The number of halogens is 1. The third kappa shape index (κ3) is 5.78. The van der Waals surface area contributed by atoms with Crippen LogP contribution in [0.5, 0.6) is 0 Å². The quantitative estimate of drug-likeness (QED) is 0.484. The molecule has 5 rings (SSSR count). The smallest absolute Gasteiger partial charge is 0.333 e. The van der Waals surface area contributed by atoms with E-state index >= 15 is 0 Å². The summed E-state index contributed by atoms with van der Waals surface area (Å²) in [5, 5.41) is 5.87. The molecule has 0 unspecified atom stereocenters. The van der Waals surface area contributed by atoms with E-state index in [9.17, 15) is 23.6 Å². The first kappa shape index (κ1) is 27.1. The van der Waals surface area contributed by atoms with Gasteiger partial charge in [-0.2, -0.15) is 11.8 Å². The van der Waals surface area contributed by atoms with E-state index in [-0.39, 0.29) is 41.0 Å². The zero-order chi connectivity index (χ0) is 27.5. The van der Waals surface area contributed by atoms with Crippen LogP contribution in [0.15, 0.2) is 52.2 Å². The first-order valence-corrected chi connectivity index (χ1v) is 14.5. The molecule has 0 bridgehead atoms. The van der Waals surface area contributed by atoms with E-state index in [0.717, 1.165) is 30.5 Å². The second-order valence-electron chi connectivity index (χ2n) is 10.3. The number of thioether (sulfide) groups is 1. The summed E-state index contributed by atoms with van der Waals surface area (Å²) in [5.41, 5.74) is 0.00560. The number of pyridine rings is 1. The van der Waals surface area contributed by atoms with Crippen molar-refractivity contribution in [3.63, 3.8) is 0 Å². The lowest BCUT2D eigenvalue weighted by atomic mass is 9.90. The highest BCUT2D eigenvalue weighted by Crippen LogP contribution is 2.30. The lowest BCUT2D eigenvalue weighted by Gasteiger charge is -2.32. The zero-order valence-electron chi connectivity index (χ0n) is 21.8. The molecule has 2 aliphatic rings. The average molecular weight is 554 g/mol. The van der Waals surface area contributed by atoms with Gasteiger partial charge < -0.3 is 10.6 Å². The van der Waals surface area contributed by atoms with Gasteiger partial charge in [0.25, 0.3) is 5.56 Å². The standard InChI is InChI=1S/C28H32FN5O4S/c1-17(35)31-24(18-5-3-2-4-6-18)26(36)32-20-7-9-21(10-8-20)34-27(37)23-15-19(29)16-30-25(23)33(28(34)38)22-11-13-39-14-12-22/h2-6,15-16,20-22,24H,7-14H2,1H3,(H,31,35)(H,32,36)/t20-,21+,24-/m1/s1. The Balaban J connectivity index is 1.37. The number of fused-ring (bicyclic) bond motifs is 1. The molecule has 2 aromatic heterocycles. The molecular formula is C28H32FN5O4S. The van der Waals surface area contributed by atoms with E-state index < -0.39 is 23.1 Å².